The molecule has 2 aliphatic rings. The maximum Gasteiger partial charge on any atom is 0.225 e. The number of hydrogen-bond donors (Lipinski definition) is 2. The zero-order valence-electron chi connectivity index (χ0n) is 9.31. The van der Waals surface area contributed by atoms with Crippen LogP contribution < -0.4 is 10.1 Å². The van der Waals surface area contributed by atoms with E-state index in [1.807, 2.05) is 0 Å². The predicted molar refractivity (Wildman–Crippen MR) is 60.3 cm³/mol. The monoisotopic (exact) mass is 249 g/mol. The second kappa shape index (κ2) is 5.42. The second-order valence-electron chi connectivity index (χ2n) is 4.24. The summed E-state index contributed by atoms with van der Waals surface area (Å²) in [4.78, 5) is 2.57. The van der Waals surface area contributed by atoms with Gasteiger partial charge < -0.3 is 10.1 Å². The largest absolute Gasteiger partial charge is 0.379 e. The maximum atomic E-state index is 11.7. The highest BCUT2D eigenvalue weighted by Crippen LogP contribution is 2.17. The molecule has 0 aromatic heterocycles. The minimum atomic E-state index is -3.19. The molecule has 1 aliphatic heterocycles. The molecular formula is C9H19N3O3S. The summed E-state index contributed by atoms with van der Waals surface area (Å²) >= 11 is 0. The molecule has 1 saturated carbocycles. The number of nitrogens with one attached hydrogen (secondary N) is 2. The van der Waals surface area contributed by atoms with E-state index in [0.29, 0.717) is 38.9 Å². The zero-order chi connectivity index (χ0) is 11.4. The molecule has 1 heterocycles. The first-order valence-electron chi connectivity index (χ1n) is 5.72. The highest BCUT2D eigenvalue weighted by atomic mass is 32.2. The van der Waals surface area contributed by atoms with Crippen LogP contribution in [0.3, 0.4) is 0 Å². The van der Waals surface area contributed by atoms with Crippen LogP contribution in [0.4, 0.5) is 0 Å². The van der Waals surface area contributed by atoms with E-state index >= 15 is 0 Å². The summed E-state index contributed by atoms with van der Waals surface area (Å²) in [5.41, 5.74) is 0. The van der Waals surface area contributed by atoms with Crippen LogP contribution in [0.1, 0.15) is 12.8 Å². The number of sulfonamides is 1. The lowest BCUT2D eigenvalue weighted by molar-refractivity contribution is 0.0272. The number of ether oxygens (including phenoxy) is 1. The summed E-state index contributed by atoms with van der Waals surface area (Å²) in [5, 5.41) is 4.89. The lowest BCUT2D eigenvalue weighted by atomic mass is 10.5. The molecule has 0 radical (unpaired) electrons. The molecule has 0 spiro atoms. The molecule has 2 N–H and O–H groups in total. The Balaban J connectivity index is 1.68. The molecule has 0 aromatic rings. The highest BCUT2D eigenvalue weighted by molar-refractivity contribution is 7.89. The molecule has 0 atom stereocenters. The summed E-state index contributed by atoms with van der Waals surface area (Å²) in [5.74, 6) is 0.140. The van der Waals surface area contributed by atoms with Gasteiger partial charge >= 0.3 is 0 Å². The number of rotatable bonds is 6. The van der Waals surface area contributed by atoms with E-state index in [9.17, 15) is 8.42 Å². The van der Waals surface area contributed by atoms with Crippen molar-refractivity contribution in [1.29, 1.82) is 0 Å². The van der Waals surface area contributed by atoms with Crippen molar-refractivity contribution in [2.75, 3.05) is 38.6 Å². The van der Waals surface area contributed by atoms with Crippen LogP contribution in [-0.2, 0) is 14.8 Å². The third-order valence-electron chi connectivity index (χ3n) is 2.66. The Labute approximate surface area is 96.4 Å². The normalized spacial score (nSPS) is 23.5. The lowest BCUT2D eigenvalue weighted by Crippen LogP contribution is -2.49. The van der Waals surface area contributed by atoms with Crippen LogP contribution in [0.2, 0.25) is 0 Å². The molecule has 1 saturated heterocycles. The first-order valence-corrected chi connectivity index (χ1v) is 7.37. The van der Waals surface area contributed by atoms with Crippen molar-refractivity contribution in [1.82, 2.24) is 15.2 Å². The summed E-state index contributed by atoms with van der Waals surface area (Å²) in [6.45, 7) is 2.95. The van der Waals surface area contributed by atoms with E-state index in [0.717, 1.165) is 0 Å². The Morgan fingerprint density at radius 3 is 2.56 bits per heavy atom. The Kier molecular flexibility index (Phi) is 4.15. The number of hydrazine groups is 1. The van der Waals surface area contributed by atoms with Crippen LogP contribution in [0.5, 0.6) is 0 Å². The Bertz CT molecular complexity index is 310. The number of morpholine rings is 1. The average molecular weight is 249 g/mol. The van der Waals surface area contributed by atoms with Crippen molar-refractivity contribution in [2.24, 2.45) is 0 Å². The van der Waals surface area contributed by atoms with Gasteiger partial charge in [-0.15, -0.1) is 4.83 Å². The van der Waals surface area contributed by atoms with E-state index in [1.165, 1.54) is 12.8 Å². The van der Waals surface area contributed by atoms with Gasteiger partial charge in [-0.25, -0.2) is 13.4 Å². The maximum absolute atomic E-state index is 11.7. The van der Waals surface area contributed by atoms with Crippen LogP contribution in [0, 0.1) is 0 Å². The van der Waals surface area contributed by atoms with E-state index in [-0.39, 0.29) is 5.75 Å². The summed E-state index contributed by atoms with van der Waals surface area (Å²) in [6.07, 6.45) is 2.36. The van der Waals surface area contributed by atoms with Crippen molar-refractivity contribution in [3.63, 3.8) is 0 Å². The van der Waals surface area contributed by atoms with E-state index < -0.39 is 10.0 Å². The van der Waals surface area contributed by atoms with Gasteiger partial charge in [0.25, 0.3) is 0 Å². The summed E-state index contributed by atoms with van der Waals surface area (Å²) in [7, 11) is -3.19. The van der Waals surface area contributed by atoms with Crippen molar-refractivity contribution in [2.45, 2.75) is 18.9 Å². The standard InChI is InChI=1S/C9H19N3O3S/c13-16(14,8-3-10-9-1-2-9)11-12-4-6-15-7-5-12/h9-11H,1-8H2. The Morgan fingerprint density at radius 2 is 1.94 bits per heavy atom. The molecule has 6 nitrogen and oxygen atoms in total. The molecule has 16 heavy (non-hydrogen) atoms. The van der Waals surface area contributed by atoms with Gasteiger partial charge in [0.2, 0.25) is 10.0 Å². The van der Waals surface area contributed by atoms with Gasteiger partial charge in [0, 0.05) is 25.7 Å². The van der Waals surface area contributed by atoms with Crippen LogP contribution in [-0.4, -0.2) is 58.1 Å². The number of nitrogens with zero attached hydrogens (tertiary/aromatic N) is 1. The molecule has 94 valence electrons. The van der Waals surface area contributed by atoms with Crippen LogP contribution >= 0.6 is 0 Å². The molecular weight excluding hydrogens is 230 g/mol. The van der Waals surface area contributed by atoms with Gasteiger partial charge in [0.1, 0.15) is 0 Å². The van der Waals surface area contributed by atoms with Crippen molar-refractivity contribution in [3.8, 4) is 0 Å². The molecule has 1 aliphatic carbocycles. The topological polar surface area (TPSA) is 70.7 Å². The van der Waals surface area contributed by atoms with Gasteiger partial charge in [-0.05, 0) is 12.8 Å². The predicted octanol–water partition coefficient (Wildman–Crippen LogP) is -1.09. The fourth-order valence-corrected chi connectivity index (χ4v) is 2.64. The fourth-order valence-electron chi connectivity index (χ4n) is 1.58. The van der Waals surface area contributed by atoms with Crippen molar-refractivity contribution < 1.29 is 13.2 Å². The quantitative estimate of drug-likeness (QED) is 0.625. The molecule has 0 aromatic carbocycles. The second-order valence-corrected chi connectivity index (χ2v) is 6.06. The zero-order valence-corrected chi connectivity index (χ0v) is 10.1. The Hall–Kier alpha value is -0.210. The number of hydrogen-bond acceptors (Lipinski definition) is 5. The van der Waals surface area contributed by atoms with Gasteiger partial charge in [0.15, 0.2) is 0 Å². The van der Waals surface area contributed by atoms with Crippen molar-refractivity contribution >= 4 is 10.0 Å². The minimum Gasteiger partial charge on any atom is -0.379 e. The lowest BCUT2D eigenvalue weighted by Gasteiger charge is -2.26. The first-order chi connectivity index (χ1) is 7.66. The smallest absolute Gasteiger partial charge is 0.225 e. The molecule has 0 unspecified atom stereocenters. The molecule has 2 rings (SSSR count). The van der Waals surface area contributed by atoms with E-state index in [4.69, 9.17) is 4.74 Å². The fraction of sp³-hybridized carbons (Fsp3) is 1.00. The third-order valence-corrected chi connectivity index (χ3v) is 3.94. The van der Waals surface area contributed by atoms with Crippen molar-refractivity contribution in [3.05, 3.63) is 0 Å². The summed E-state index contributed by atoms with van der Waals surface area (Å²) < 4.78 is 28.5. The summed E-state index contributed by atoms with van der Waals surface area (Å²) in [6, 6.07) is 0.554. The molecule has 0 bridgehead atoms. The van der Waals surface area contributed by atoms with Gasteiger partial charge in [-0.2, -0.15) is 0 Å². The minimum absolute atomic E-state index is 0.140. The van der Waals surface area contributed by atoms with E-state index in [1.54, 1.807) is 5.01 Å². The van der Waals surface area contributed by atoms with Crippen LogP contribution in [0.15, 0.2) is 0 Å². The highest BCUT2D eigenvalue weighted by Gasteiger charge is 2.22. The van der Waals surface area contributed by atoms with Gasteiger partial charge in [-0.3, -0.25) is 0 Å². The molecule has 0 amide bonds. The van der Waals surface area contributed by atoms with Crippen LogP contribution in [0.25, 0.3) is 0 Å². The van der Waals surface area contributed by atoms with E-state index in [2.05, 4.69) is 10.1 Å². The van der Waals surface area contributed by atoms with Gasteiger partial charge in [-0.1, -0.05) is 0 Å². The van der Waals surface area contributed by atoms with Gasteiger partial charge in [0.05, 0.1) is 19.0 Å². The first kappa shape index (κ1) is 12.3. The molecule has 2 fully saturated rings. The molecule has 7 heteroatoms. The Morgan fingerprint density at radius 1 is 1.25 bits per heavy atom. The SMILES string of the molecule is O=S(=O)(CCNC1CC1)NN1CCOCC1. The average Bonchev–Trinajstić information content (AvgIpc) is 3.02. The third kappa shape index (κ3) is 4.34.